The number of carbonyl (C=O) groups is 1. The van der Waals surface area contributed by atoms with Crippen molar-refractivity contribution < 1.29 is 9.53 Å². The summed E-state index contributed by atoms with van der Waals surface area (Å²) < 4.78 is 5.71. The number of hydrogen-bond acceptors (Lipinski definition) is 3. The lowest BCUT2D eigenvalue weighted by Gasteiger charge is -2.27. The third kappa shape index (κ3) is 7.46. The lowest BCUT2D eigenvalue weighted by atomic mass is 9.78. The van der Waals surface area contributed by atoms with E-state index in [4.69, 9.17) is 4.74 Å². The second-order valence-corrected chi connectivity index (χ2v) is 9.57. The molecule has 0 spiro atoms. The van der Waals surface area contributed by atoms with Gasteiger partial charge < -0.3 is 4.74 Å². The van der Waals surface area contributed by atoms with Crippen molar-refractivity contribution >= 4 is 5.97 Å². The number of rotatable bonds is 11. The fraction of sp³-hybridized carbons (Fsp3) is 0.533. The van der Waals surface area contributed by atoms with Crippen molar-refractivity contribution in [1.29, 1.82) is 5.26 Å². The van der Waals surface area contributed by atoms with E-state index >= 15 is 0 Å². The van der Waals surface area contributed by atoms with Gasteiger partial charge in [0.05, 0.1) is 11.5 Å². The molecule has 3 nitrogen and oxygen atoms in total. The maximum atomic E-state index is 12.8. The number of nitrogens with zero attached hydrogens (tertiary/aromatic N) is 1. The molecule has 0 atom stereocenters. The predicted octanol–water partition coefficient (Wildman–Crippen LogP) is 7.90. The van der Waals surface area contributed by atoms with Gasteiger partial charge in [0, 0.05) is 0 Å². The van der Waals surface area contributed by atoms with E-state index in [1.165, 1.54) is 43.2 Å². The van der Waals surface area contributed by atoms with Crippen molar-refractivity contribution in [3.8, 4) is 11.8 Å². The van der Waals surface area contributed by atoms with E-state index in [1.807, 2.05) is 12.1 Å². The number of hydrogen-bond donors (Lipinski definition) is 0. The third-order valence-corrected chi connectivity index (χ3v) is 7.02. The molecule has 2 aromatic carbocycles. The Morgan fingerprint density at radius 1 is 0.879 bits per heavy atom. The van der Waals surface area contributed by atoms with Crippen LogP contribution in [-0.4, -0.2) is 5.97 Å². The molecule has 1 aliphatic rings. The van der Waals surface area contributed by atoms with Crippen LogP contribution in [0.25, 0.3) is 0 Å². The Labute approximate surface area is 200 Å². The zero-order valence-corrected chi connectivity index (χ0v) is 20.4. The number of nitriles is 1. The van der Waals surface area contributed by atoms with E-state index in [9.17, 15) is 10.1 Å². The summed E-state index contributed by atoms with van der Waals surface area (Å²) >= 11 is 0. The zero-order valence-electron chi connectivity index (χ0n) is 20.4. The average Bonchev–Trinajstić information content (AvgIpc) is 2.86. The molecule has 0 saturated heterocycles. The smallest absolute Gasteiger partial charge is 0.314 e. The molecule has 0 aliphatic heterocycles. The first kappa shape index (κ1) is 25.0. The molecule has 3 heteroatoms. The molecule has 0 N–H and O–H groups in total. The molecule has 0 aromatic heterocycles. The first-order valence-electron chi connectivity index (χ1n) is 13.0. The fourth-order valence-electron chi connectivity index (χ4n) is 4.86. The highest BCUT2D eigenvalue weighted by molar-refractivity contribution is 5.76. The van der Waals surface area contributed by atoms with Crippen molar-refractivity contribution in [2.75, 3.05) is 0 Å². The van der Waals surface area contributed by atoms with Crippen LogP contribution in [0.3, 0.4) is 0 Å². The summed E-state index contributed by atoms with van der Waals surface area (Å²) in [5, 5.41) is 9.56. The highest BCUT2D eigenvalue weighted by Crippen LogP contribution is 2.37. The summed E-state index contributed by atoms with van der Waals surface area (Å²) in [4.78, 5) is 12.8. The molecule has 2 aromatic rings. The number of aryl methyl sites for hydroxylation is 2. The van der Waals surface area contributed by atoms with Gasteiger partial charge in [-0.25, -0.2) is 0 Å². The Morgan fingerprint density at radius 2 is 1.55 bits per heavy atom. The van der Waals surface area contributed by atoms with E-state index in [0.29, 0.717) is 17.2 Å². The monoisotopic (exact) mass is 445 g/mol. The summed E-state index contributed by atoms with van der Waals surface area (Å²) in [6, 6.07) is 17.0. The molecule has 1 fully saturated rings. The summed E-state index contributed by atoms with van der Waals surface area (Å²) in [6.07, 6.45) is 13.1. The van der Waals surface area contributed by atoms with Gasteiger partial charge >= 0.3 is 5.97 Å². The first-order valence-corrected chi connectivity index (χ1v) is 13.0. The van der Waals surface area contributed by atoms with Crippen LogP contribution in [0.5, 0.6) is 5.75 Å². The molecular formula is C30H39NO2. The van der Waals surface area contributed by atoms with Gasteiger partial charge in [-0.2, -0.15) is 5.26 Å². The van der Waals surface area contributed by atoms with E-state index in [2.05, 4.69) is 44.2 Å². The van der Waals surface area contributed by atoms with E-state index in [0.717, 1.165) is 50.5 Å². The topological polar surface area (TPSA) is 50.1 Å². The van der Waals surface area contributed by atoms with Gasteiger partial charge in [-0.05, 0) is 86.1 Å². The number of unbranched alkanes of at least 4 members (excludes halogenated alkanes) is 4. The molecule has 0 amide bonds. The molecule has 0 radical (unpaired) electrons. The quantitative estimate of drug-likeness (QED) is 0.201. The van der Waals surface area contributed by atoms with Crippen LogP contribution in [0, 0.1) is 17.2 Å². The molecule has 0 heterocycles. The second kappa shape index (κ2) is 13.2. The average molecular weight is 446 g/mol. The minimum Gasteiger partial charge on any atom is -0.425 e. The molecule has 0 bridgehead atoms. The van der Waals surface area contributed by atoms with Gasteiger partial charge in [-0.15, -0.1) is 0 Å². The maximum Gasteiger partial charge on any atom is 0.314 e. The molecule has 1 aliphatic carbocycles. The van der Waals surface area contributed by atoms with Gasteiger partial charge in [0.25, 0.3) is 0 Å². The van der Waals surface area contributed by atoms with Crippen molar-refractivity contribution in [3.05, 3.63) is 64.7 Å². The lowest BCUT2D eigenvalue weighted by molar-refractivity contribution is -0.140. The third-order valence-electron chi connectivity index (χ3n) is 7.02. The normalized spacial score (nSPS) is 18.0. The molecule has 0 unspecified atom stereocenters. The molecule has 1 saturated carbocycles. The minimum atomic E-state index is -0.185. The number of esters is 1. The number of benzene rings is 2. The van der Waals surface area contributed by atoms with Crippen LogP contribution in [-0.2, 0) is 17.6 Å². The van der Waals surface area contributed by atoms with Crippen molar-refractivity contribution in [3.63, 3.8) is 0 Å². The largest absolute Gasteiger partial charge is 0.425 e. The van der Waals surface area contributed by atoms with E-state index in [-0.39, 0.29) is 11.9 Å². The minimum absolute atomic E-state index is 0.0784. The Hall–Kier alpha value is -2.60. The van der Waals surface area contributed by atoms with Crippen LogP contribution in [0.1, 0.15) is 106 Å². The molecule has 3 rings (SSSR count). The fourth-order valence-corrected chi connectivity index (χ4v) is 4.86. The highest BCUT2D eigenvalue weighted by Gasteiger charge is 2.29. The second-order valence-electron chi connectivity index (χ2n) is 9.57. The number of carbonyl (C=O) groups excluding carboxylic acids is 1. The lowest BCUT2D eigenvalue weighted by Crippen LogP contribution is -2.25. The van der Waals surface area contributed by atoms with Crippen molar-refractivity contribution in [2.45, 2.75) is 96.8 Å². The van der Waals surface area contributed by atoms with Crippen LogP contribution in [0.2, 0.25) is 0 Å². The van der Waals surface area contributed by atoms with Gasteiger partial charge in [0.2, 0.25) is 0 Å². The van der Waals surface area contributed by atoms with Gasteiger partial charge in [0.15, 0.2) is 0 Å². The Kier molecular flexibility index (Phi) is 10.0. The molecule has 176 valence electrons. The van der Waals surface area contributed by atoms with Crippen molar-refractivity contribution in [1.82, 2.24) is 0 Å². The van der Waals surface area contributed by atoms with Crippen molar-refractivity contribution in [2.24, 2.45) is 5.92 Å². The predicted molar refractivity (Wildman–Crippen MR) is 134 cm³/mol. The van der Waals surface area contributed by atoms with E-state index in [1.54, 1.807) is 6.07 Å². The first-order chi connectivity index (χ1) is 16.1. The van der Waals surface area contributed by atoms with Gasteiger partial charge in [-0.1, -0.05) is 69.9 Å². The summed E-state index contributed by atoms with van der Waals surface area (Å²) in [6.45, 7) is 4.43. The van der Waals surface area contributed by atoms with Gasteiger partial charge in [0.1, 0.15) is 11.8 Å². The van der Waals surface area contributed by atoms with E-state index < -0.39 is 0 Å². The SMILES string of the molecule is CCCCCCc1ccc(OC(=O)C2CCC(c3ccc(CCCC)cc3)CC2)c(C#N)c1. The summed E-state index contributed by atoms with van der Waals surface area (Å²) in [5.74, 6) is 0.668. The highest BCUT2D eigenvalue weighted by atomic mass is 16.5. The zero-order chi connectivity index (χ0) is 23.5. The summed E-state index contributed by atoms with van der Waals surface area (Å²) in [5.41, 5.74) is 4.42. The molecule has 33 heavy (non-hydrogen) atoms. The Morgan fingerprint density at radius 3 is 2.21 bits per heavy atom. The molecular weight excluding hydrogens is 406 g/mol. The maximum absolute atomic E-state index is 12.8. The Balaban J connectivity index is 1.51. The number of ether oxygens (including phenoxy) is 1. The van der Waals surface area contributed by atoms with Crippen LogP contribution in [0.4, 0.5) is 0 Å². The van der Waals surface area contributed by atoms with Crippen LogP contribution in [0.15, 0.2) is 42.5 Å². The summed E-state index contributed by atoms with van der Waals surface area (Å²) in [7, 11) is 0. The van der Waals surface area contributed by atoms with Crippen LogP contribution < -0.4 is 4.74 Å². The van der Waals surface area contributed by atoms with Gasteiger partial charge in [-0.3, -0.25) is 4.79 Å². The standard InChI is InChI=1S/C30H39NO2/c1-3-5-7-8-10-24-13-20-29(28(21-24)22-31)33-30(32)27-18-16-26(17-19-27)25-14-11-23(12-15-25)9-6-4-2/h11-15,20-21,26-27H,3-10,16-19H2,1-2H3. The van der Waals surface area contributed by atoms with Crippen LogP contribution >= 0.6 is 0 Å². The Bertz CT molecular complexity index is 917.